The number of thiophene rings is 1. The van der Waals surface area contributed by atoms with Crippen molar-refractivity contribution in [3.05, 3.63) is 22.2 Å². The minimum atomic E-state index is -0.452. The van der Waals surface area contributed by atoms with E-state index in [1.807, 2.05) is 26.8 Å². The third kappa shape index (κ3) is 3.11. The van der Waals surface area contributed by atoms with Crippen LogP contribution in [0, 0.1) is 0 Å². The largest absolute Gasteiger partial charge is 0.444 e. The van der Waals surface area contributed by atoms with Crippen LogP contribution in [0.2, 0.25) is 5.15 Å². The zero-order valence-corrected chi connectivity index (χ0v) is 13.7. The lowest BCUT2D eigenvalue weighted by molar-refractivity contribution is 0.00847. The number of carbonyl (C=O) groups is 1. The highest BCUT2D eigenvalue weighted by Crippen LogP contribution is 2.35. The van der Waals surface area contributed by atoms with E-state index in [-0.39, 0.29) is 6.09 Å². The molecule has 0 unspecified atom stereocenters. The van der Waals surface area contributed by atoms with Gasteiger partial charge in [0.05, 0.1) is 0 Å². The Morgan fingerprint density at radius 2 is 2.10 bits per heavy atom. The van der Waals surface area contributed by atoms with Gasteiger partial charge in [0.15, 0.2) is 5.15 Å². The van der Waals surface area contributed by atoms with Crippen LogP contribution in [0.4, 0.5) is 4.79 Å². The molecule has 1 saturated heterocycles. The normalized spacial score (nSPS) is 16.1. The number of fused-ring (bicyclic) bond motifs is 1. The first-order chi connectivity index (χ1) is 9.82. The maximum atomic E-state index is 11.9. The average molecular weight is 326 g/mol. The van der Waals surface area contributed by atoms with Crippen molar-refractivity contribution in [2.75, 3.05) is 13.1 Å². The zero-order valence-electron chi connectivity index (χ0n) is 12.1. The number of hydrogen-bond donors (Lipinski definition) is 0. The highest BCUT2D eigenvalue weighted by Gasteiger charge is 2.35. The van der Waals surface area contributed by atoms with Gasteiger partial charge in [-0.3, -0.25) is 0 Å². The maximum Gasteiger partial charge on any atom is 0.410 e. The summed E-state index contributed by atoms with van der Waals surface area (Å²) in [6.07, 6.45) is -0.248. The fraction of sp³-hybridized carbons (Fsp3) is 0.500. The van der Waals surface area contributed by atoms with Crippen LogP contribution in [-0.4, -0.2) is 39.9 Å². The molecule has 0 radical (unpaired) electrons. The molecule has 0 aromatic carbocycles. The third-order valence-electron chi connectivity index (χ3n) is 3.21. The van der Waals surface area contributed by atoms with E-state index in [0.29, 0.717) is 24.2 Å². The van der Waals surface area contributed by atoms with Crippen molar-refractivity contribution < 1.29 is 9.53 Å². The molecule has 1 amide bonds. The second kappa shape index (κ2) is 5.10. The highest BCUT2D eigenvalue weighted by atomic mass is 35.5. The summed E-state index contributed by atoms with van der Waals surface area (Å²) in [4.78, 5) is 15.7. The molecule has 21 heavy (non-hydrogen) atoms. The van der Waals surface area contributed by atoms with Crippen molar-refractivity contribution in [2.24, 2.45) is 0 Å². The zero-order chi connectivity index (χ0) is 15.2. The van der Waals surface area contributed by atoms with Crippen molar-refractivity contribution in [1.82, 2.24) is 15.1 Å². The van der Waals surface area contributed by atoms with Crippen LogP contribution in [0.15, 0.2) is 12.1 Å². The second-order valence-corrected chi connectivity index (χ2v) is 7.61. The van der Waals surface area contributed by atoms with E-state index in [1.54, 1.807) is 16.2 Å². The lowest BCUT2D eigenvalue weighted by atomic mass is 9.99. The molecule has 0 spiro atoms. The molecule has 0 bridgehead atoms. The minimum absolute atomic E-state index is 0.248. The number of halogens is 1. The summed E-state index contributed by atoms with van der Waals surface area (Å²) in [5, 5.41) is 9.33. The van der Waals surface area contributed by atoms with E-state index in [4.69, 9.17) is 16.3 Å². The Morgan fingerprint density at radius 1 is 1.38 bits per heavy atom. The predicted molar refractivity (Wildman–Crippen MR) is 83.0 cm³/mol. The van der Waals surface area contributed by atoms with Gasteiger partial charge < -0.3 is 9.64 Å². The summed E-state index contributed by atoms with van der Waals surface area (Å²) in [6, 6.07) is 3.89. The number of hydrogen-bond acceptors (Lipinski definition) is 5. The third-order valence-corrected chi connectivity index (χ3v) is 4.59. The Morgan fingerprint density at radius 3 is 2.76 bits per heavy atom. The van der Waals surface area contributed by atoms with E-state index in [1.165, 1.54) is 4.88 Å². The van der Waals surface area contributed by atoms with Gasteiger partial charge in [-0.1, -0.05) is 11.6 Å². The number of rotatable bonds is 1. The standard InChI is InChI=1S/C14H16ClN3O2S/c1-14(2,3)20-13(19)18-6-9(7-18)10-4-8-5-11(15)16-17-12(8)21-10/h4-5,9H,6-7H2,1-3H3. The van der Waals surface area contributed by atoms with Gasteiger partial charge in [-0.25, -0.2) is 4.79 Å². The Hall–Kier alpha value is -1.40. The summed E-state index contributed by atoms with van der Waals surface area (Å²) >= 11 is 7.45. The number of aromatic nitrogens is 2. The molecule has 0 atom stereocenters. The summed E-state index contributed by atoms with van der Waals surface area (Å²) < 4.78 is 5.35. The Balaban J connectivity index is 1.66. The molecule has 1 aliphatic rings. The molecule has 1 fully saturated rings. The lowest BCUT2D eigenvalue weighted by Crippen LogP contribution is -2.50. The van der Waals surface area contributed by atoms with E-state index >= 15 is 0 Å². The first-order valence-electron chi connectivity index (χ1n) is 6.72. The van der Waals surface area contributed by atoms with Gasteiger partial charge in [0.25, 0.3) is 0 Å². The quantitative estimate of drug-likeness (QED) is 0.802. The van der Waals surface area contributed by atoms with Crippen molar-refractivity contribution in [3.8, 4) is 0 Å². The van der Waals surface area contributed by atoms with E-state index in [9.17, 15) is 4.79 Å². The molecular formula is C14H16ClN3O2S. The van der Waals surface area contributed by atoms with Crippen LogP contribution < -0.4 is 0 Å². The molecule has 0 N–H and O–H groups in total. The number of likely N-dealkylation sites (tertiary alicyclic amines) is 1. The fourth-order valence-corrected chi connectivity index (χ4v) is 3.38. The van der Waals surface area contributed by atoms with Crippen LogP contribution in [0.5, 0.6) is 0 Å². The molecule has 7 heteroatoms. The molecule has 3 heterocycles. The topological polar surface area (TPSA) is 55.3 Å². The van der Waals surface area contributed by atoms with Crippen LogP contribution in [0.3, 0.4) is 0 Å². The van der Waals surface area contributed by atoms with Crippen molar-refractivity contribution in [3.63, 3.8) is 0 Å². The highest BCUT2D eigenvalue weighted by molar-refractivity contribution is 7.18. The average Bonchev–Trinajstić information content (AvgIpc) is 2.66. The lowest BCUT2D eigenvalue weighted by Gasteiger charge is -2.39. The number of carbonyl (C=O) groups excluding carboxylic acids is 1. The van der Waals surface area contributed by atoms with Crippen LogP contribution >= 0.6 is 22.9 Å². The Kier molecular flexibility index (Phi) is 3.53. The van der Waals surface area contributed by atoms with E-state index < -0.39 is 5.60 Å². The molecule has 5 nitrogen and oxygen atoms in total. The molecule has 2 aromatic heterocycles. The smallest absolute Gasteiger partial charge is 0.410 e. The molecule has 1 aliphatic heterocycles. The van der Waals surface area contributed by atoms with Crippen LogP contribution in [0.1, 0.15) is 31.6 Å². The van der Waals surface area contributed by atoms with Crippen molar-refractivity contribution in [1.29, 1.82) is 0 Å². The maximum absolute atomic E-state index is 11.9. The fourth-order valence-electron chi connectivity index (χ4n) is 2.18. The van der Waals surface area contributed by atoms with Gasteiger partial charge >= 0.3 is 6.09 Å². The number of amides is 1. The van der Waals surface area contributed by atoms with Crippen LogP contribution in [0.25, 0.3) is 10.2 Å². The van der Waals surface area contributed by atoms with Gasteiger partial charge in [-0.15, -0.1) is 21.5 Å². The molecule has 0 saturated carbocycles. The molecule has 0 aliphatic carbocycles. The monoisotopic (exact) mass is 325 g/mol. The molecule has 112 valence electrons. The summed E-state index contributed by atoms with van der Waals surface area (Å²) in [5.41, 5.74) is -0.452. The number of nitrogens with zero attached hydrogens (tertiary/aromatic N) is 3. The van der Waals surface area contributed by atoms with Gasteiger partial charge in [0.2, 0.25) is 0 Å². The molecule has 3 rings (SSSR count). The van der Waals surface area contributed by atoms with Gasteiger partial charge in [0.1, 0.15) is 10.4 Å². The first-order valence-corrected chi connectivity index (χ1v) is 7.92. The first kappa shape index (κ1) is 14.5. The summed E-state index contributed by atoms with van der Waals surface area (Å²) in [6.45, 7) is 6.98. The summed E-state index contributed by atoms with van der Waals surface area (Å²) in [5.74, 6) is 0.343. The molecular weight excluding hydrogens is 310 g/mol. The van der Waals surface area contributed by atoms with Crippen molar-refractivity contribution >= 4 is 39.2 Å². The Bertz CT molecular complexity index is 689. The predicted octanol–water partition coefficient (Wildman–Crippen LogP) is 3.68. The second-order valence-electron chi connectivity index (χ2n) is 6.16. The van der Waals surface area contributed by atoms with Gasteiger partial charge in [-0.05, 0) is 32.9 Å². The van der Waals surface area contributed by atoms with Crippen LogP contribution in [-0.2, 0) is 4.74 Å². The van der Waals surface area contributed by atoms with Crippen molar-refractivity contribution in [2.45, 2.75) is 32.3 Å². The van der Waals surface area contributed by atoms with E-state index in [0.717, 1.165) is 10.2 Å². The number of ether oxygens (including phenoxy) is 1. The van der Waals surface area contributed by atoms with E-state index in [2.05, 4.69) is 16.3 Å². The molecule has 2 aromatic rings. The SMILES string of the molecule is CC(C)(C)OC(=O)N1CC(c2cc3cc(Cl)nnc3s2)C1. The van der Waals surface area contributed by atoms with Gasteiger partial charge in [0, 0.05) is 29.3 Å². The van der Waals surface area contributed by atoms with Gasteiger partial charge in [-0.2, -0.15) is 0 Å². The summed E-state index contributed by atoms with van der Waals surface area (Å²) in [7, 11) is 0. The minimum Gasteiger partial charge on any atom is -0.444 e. The Labute approximate surface area is 131 Å².